The lowest BCUT2D eigenvalue weighted by Crippen LogP contribution is -2.49. The van der Waals surface area contributed by atoms with Crippen molar-refractivity contribution in [2.24, 2.45) is 11.5 Å². The molecule has 1 rings (SSSR count). The molecule has 1 amide bonds. The molecule has 0 spiro atoms. The highest BCUT2D eigenvalue weighted by atomic mass is 19.1. The van der Waals surface area contributed by atoms with Gasteiger partial charge < -0.3 is 16.2 Å². The summed E-state index contributed by atoms with van der Waals surface area (Å²) in [5, 5.41) is 10.7. The number of rotatable bonds is 7. The van der Waals surface area contributed by atoms with E-state index in [0.717, 1.165) is 6.07 Å². The number of nitro groups is 1. The third-order valence-electron chi connectivity index (χ3n) is 3.11. The third kappa shape index (κ3) is 4.38. The van der Waals surface area contributed by atoms with Crippen LogP contribution in [0.3, 0.4) is 0 Å². The largest absolute Gasteiger partial charge is 0.490 e. The fraction of sp³-hybridized carbons (Fsp3) is 0.462. The number of nitrogens with zero attached hydrogens (tertiary/aromatic N) is 1. The summed E-state index contributed by atoms with van der Waals surface area (Å²) in [5.41, 5.74) is 9.65. The smallest absolute Gasteiger partial charge is 0.275 e. The number of carbonyl (C=O) groups is 1. The Morgan fingerprint density at radius 3 is 2.67 bits per heavy atom. The summed E-state index contributed by atoms with van der Waals surface area (Å²) >= 11 is 0. The maximum atomic E-state index is 13.7. The first-order valence-electron chi connectivity index (χ1n) is 6.31. The Labute approximate surface area is 121 Å². The standard InChI is InChI=1S/C13H18FN3O4/c1-8-6-11(9(14)7-10(8)17(19)20)21-5-3-4-13(2,16)12(15)18/h6-7H,3-5,16H2,1-2H3,(H2,15,18). The van der Waals surface area contributed by atoms with Crippen LogP contribution in [0.1, 0.15) is 25.3 Å². The van der Waals surface area contributed by atoms with Crippen LogP contribution in [0, 0.1) is 22.9 Å². The first kappa shape index (κ1) is 16.8. The summed E-state index contributed by atoms with van der Waals surface area (Å²) < 4.78 is 18.9. The number of primary amides is 1. The molecule has 0 aromatic heterocycles. The van der Waals surface area contributed by atoms with Gasteiger partial charge in [-0.15, -0.1) is 0 Å². The van der Waals surface area contributed by atoms with E-state index in [1.54, 1.807) is 0 Å². The number of aryl methyl sites for hydroxylation is 1. The van der Waals surface area contributed by atoms with E-state index in [9.17, 15) is 19.3 Å². The van der Waals surface area contributed by atoms with E-state index >= 15 is 0 Å². The highest BCUT2D eigenvalue weighted by Crippen LogP contribution is 2.27. The quantitative estimate of drug-likeness (QED) is 0.448. The summed E-state index contributed by atoms with van der Waals surface area (Å²) in [6.07, 6.45) is 0.682. The first-order chi connectivity index (χ1) is 9.65. The topological polar surface area (TPSA) is 121 Å². The summed E-state index contributed by atoms with van der Waals surface area (Å²) in [4.78, 5) is 21.0. The molecule has 0 heterocycles. The van der Waals surface area contributed by atoms with Crippen molar-refractivity contribution in [2.45, 2.75) is 32.2 Å². The number of carbonyl (C=O) groups excluding carboxylic acids is 1. The van der Waals surface area contributed by atoms with E-state index in [2.05, 4.69) is 0 Å². The highest BCUT2D eigenvalue weighted by Gasteiger charge is 2.25. The normalized spacial score (nSPS) is 13.5. The van der Waals surface area contributed by atoms with Gasteiger partial charge in [0, 0.05) is 5.56 Å². The minimum atomic E-state index is -1.15. The van der Waals surface area contributed by atoms with E-state index in [4.69, 9.17) is 16.2 Å². The molecule has 0 aliphatic rings. The van der Waals surface area contributed by atoms with Crippen molar-refractivity contribution in [3.8, 4) is 5.75 Å². The second kappa shape index (κ2) is 6.49. The Bertz CT molecular complexity index is 561. The second-order valence-corrected chi connectivity index (χ2v) is 5.06. The zero-order chi connectivity index (χ0) is 16.2. The summed E-state index contributed by atoms with van der Waals surface area (Å²) in [7, 11) is 0. The molecule has 0 saturated carbocycles. The number of amides is 1. The summed E-state index contributed by atoms with van der Waals surface area (Å²) in [6.45, 7) is 3.12. The molecule has 116 valence electrons. The summed E-state index contributed by atoms with van der Waals surface area (Å²) in [6, 6.07) is 2.09. The molecule has 1 aromatic carbocycles. The Morgan fingerprint density at radius 1 is 1.52 bits per heavy atom. The minimum absolute atomic E-state index is 0.0732. The summed E-state index contributed by atoms with van der Waals surface area (Å²) in [5.74, 6) is -1.51. The maximum Gasteiger partial charge on any atom is 0.275 e. The second-order valence-electron chi connectivity index (χ2n) is 5.06. The molecule has 0 fully saturated rings. The van der Waals surface area contributed by atoms with Crippen LogP contribution in [-0.4, -0.2) is 23.0 Å². The molecule has 0 saturated heterocycles. The number of halogens is 1. The van der Waals surface area contributed by atoms with E-state index in [-0.39, 0.29) is 24.5 Å². The van der Waals surface area contributed by atoms with Crippen molar-refractivity contribution in [2.75, 3.05) is 6.61 Å². The van der Waals surface area contributed by atoms with Gasteiger partial charge >= 0.3 is 0 Å². The van der Waals surface area contributed by atoms with Crippen molar-refractivity contribution < 1.29 is 18.8 Å². The molecule has 8 heteroatoms. The Kier molecular flexibility index (Phi) is 5.20. The fourth-order valence-electron chi connectivity index (χ4n) is 1.70. The average molecular weight is 299 g/mol. The number of ether oxygens (including phenoxy) is 1. The monoisotopic (exact) mass is 299 g/mol. The molecule has 0 radical (unpaired) electrons. The number of hydrogen-bond acceptors (Lipinski definition) is 5. The van der Waals surface area contributed by atoms with Crippen molar-refractivity contribution in [3.05, 3.63) is 33.6 Å². The van der Waals surface area contributed by atoms with E-state index in [1.165, 1.54) is 19.9 Å². The molecule has 0 aliphatic carbocycles. The van der Waals surface area contributed by atoms with Gasteiger partial charge in [0.05, 0.1) is 23.1 Å². The Morgan fingerprint density at radius 2 is 2.14 bits per heavy atom. The lowest BCUT2D eigenvalue weighted by molar-refractivity contribution is -0.385. The fourth-order valence-corrected chi connectivity index (χ4v) is 1.70. The molecule has 1 unspecified atom stereocenters. The molecule has 7 nitrogen and oxygen atoms in total. The van der Waals surface area contributed by atoms with Gasteiger partial charge in [-0.05, 0) is 32.8 Å². The number of nitro benzene ring substituents is 1. The molecule has 0 aliphatic heterocycles. The van der Waals surface area contributed by atoms with Gasteiger partial charge in [-0.1, -0.05) is 0 Å². The Hall–Kier alpha value is -2.22. The highest BCUT2D eigenvalue weighted by molar-refractivity contribution is 5.83. The lowest BCUT2D eigenvalue weighted by Gasteiger charge is -2.20. The molecule has 0 bridgehead atoms. The third-order valence-corrected chi connectivity index (χ3v) is 3.11. The van der Waals surface area contributed by atoms with Gasteiger partial charge in [-0.25, -0.2) is 4.39 Å². The predicted molar refractivity (Wildman–Crippen MR) is 74.3 cm³/mol. The molecular formula is C13H18FN3O4. The van der Waals surface area contributed by atoms with Crippen LogP contribution < -0.4 is 16.2 Å². The predicted octanol–water partition coefficient (Wildman–Crippen LogP) is 1.40. The van der Waals surface area contributed by atoms with Crippen LogP contribution in [0.15, 0.2) is 12.1 Å². The number of nitrogens with two attached hydrogens (primary N) is 2. The van der Waals surface area contributed by atoms with E-state index in [1.807, 2.05) is 0 Å². The van der Waals surface area contributed by atoms with E-state index in [0.29, 0.717) is 12.0 Å². The minimum Gasteiger partial charge on any atom is -0.490 e. The van der Waals surface area contributed by atoms with Crippen LogP contribution >= 0.6 is 0 Å². The van der Waals surface area contributed by atoms with Crippen LogP contribution in [0.5, 0.6) is 5.75 Å². The molecule has 4 N–H and O–H groups in total. The van der Waals surface area contributed by atoms with Gasteiger partial charge in [0.15, 0.2) is 11.6 Å². The molecule has 21 heavy (non-hydrogen) atoms. The van der Waals surface area contributed by atoms with Crippen molar-refractivity contribution in [1.82, 2.24) is 0 Å². The van der Waals surface area contributed by atoms with Crippen molar-refractivity contribution in [1.29, 1.82) is 0 Å². The van der Waals surface area contributed by atoms with Gasteiger partial charge in [0.25, 0.3) is 5.69 Å². The van der Waals surface area contributed by atoms with Crippen LogP contribution in [-0.2, 0) is 4.79 Å². The van der Waals surface area contributed by atoms with Gasteiger partial charge in [0.1, 0.15) is 0 Å². The maximum absolute atomic E-state index is 13.7. The van der Waals surface area contributed by atoms with E-state index < -0.39 is 22.2 Å². The van der Waals surface area contributed by atoms with Crippen molar-refractivity contribution >= 4 is 11.6 Å². The van der Waals surface area contributed by atoms with Gasteiger partial charge in [-0.3, -0.25) is 14.9 Å². The van der Waals surface area contributed by atoms with Crippen LogP contribution in [0.25, 0.3) is 0 Å². The zero-order valence-electron chi connectivity index (χ0n) is 11.9. The average Bonchev–Trinajstić information content (AvgIpc) is 2.37. The zero-order valence-corrected chi connectivity index (χ0v) is 11.9. The number of hydrogen-bond donors (Lipinski definition) is 2. The lowest BCUT2D eigenvalue weighted by atomic mass is 9.97. The molecule has 1 atom stereocenters. The molecule has 1 aromatic rings. The Balaban J connectivity index is 2.63. The number of benzene rings is 1. The molecular weight excluding hydrogens is 281 g/mol. The van der Waals surface area contributed by atoms with Crippen LogP contribution in [0.4, 0.5) is 10.1 Å². The SMILES string of the molecule is Cc1cc(OCCCC(C)(N)C(N)=O)c(F)cc1[N+](=O)[O-]. The van der Waals surface area contributed by atoms with Crippen LogP contribution in [0.2, 0.25) is 0 Å². The van der Waals surface area contributed by atoms with Gasteiger partial charge in [-0.2, -0.15) is 0 Å². The first-order valence-corrected chi connectivity index (χ1v) is 6.31. The van der Waals surface area contributed by atoms with Crippen molar-refractivity contribution in [3.63, 3.8) is 0 Å². The van der Waals surface area contributed by atoms with Gasteiger partial charge in [0.2, 0.25) is 5.91 Å².